The third kappa shape index (κ3) is 4.58. The number of aromatic nitrogens is 4. The maximum Gasteiger partial charge on any atom is 0.225 e. The highest BCUT2D eigenvalue weighted by atomic mass is 16.2. The summed E-state index contributed by atoms with van der Waals surface area (Å²) in [5.74, 6) is 3.42. The van der Waals surface area contributed by atoms with Gasteiger partial charge >= 0.3 is 0 Å². The van der Waals surface area contributed by atoms with Crippen LogP contribution in [0, 0.1) is 18.8 Å². The van der Waals surface area contributed by atoms with Crippen molar-refractivity contribution in [3.8, 4) is 0 Å². The average Bonchev–Trinajstić information content (AvgIpc) is 3.51. The molecule has 3 unspecified atom stereocenters. The normalized spacial score (nSPS) is 23.5. The molecule has 2 aromatic heterocycles. The van der Waals surface area contributed by atoms with Gasteiger partial charge in [-0.05, 0) is 39.0 Å². The lowest BCUT2D eigenvalue weighted by atomic mass is 10.0. The van der Waals surface area contributed by atoms with E-state index in [0.29, 0.717) is 11.8 Å². The van der Waals surface area contributed by atoms with E-state index in [1.807, 2.05) is 38.1 Å². The minimum absolute atomic E-state index is 0.0867. The Balaban J connectivity index is 0.00000126. The first kappa shape index (κ1) is 23.2. The number of amides is 1. The number of nitrogens with one attached hydrogen (secondary N) is 2. The van der Waals surface area contributed by atoms with Crippen LogP contribution in [0.2, 0.25) is 0 Å². The zero-order valence-electron chi connectivity index (χ0n) is 20.4. The molecular formula is C24H36N8O. The molecule has 1 aliphatic carbocycles. The maximum atomic E-state index is 12.6. The molecule has 0 radical (unpaired) electrons. The second-order valence-corrected chi connectivity index (χ2v) is 8.75. The molecule has 2 aliphatic heterocycles. The lowest BCUT2D eigenvalue weighted by molar-refractivity contribution is -0.131. The number of hydrogen-bond acceptors (Lipinski definition) is 8. The number of anilines is 3. The molecule has 1 amide bonds. The Hall–Kier alpha value is -2.97. The molecule has 0 bridgehead atoms. The topological polar surface area (TPSA) is 99.2 Å². The fraction of sp³-hybridized carbons (Fsp3) is 0.625. The lowest BCUT2D eigenvalue weighted by Crippen LogP contribution is -2.33. The Morgan fingerprint density at radius 1 is 1.12 bits per heavy atom. The number of nitrogens with zero attached hydrogens (tertiary/aromatic N) is 6. The van der Waals surface area contributed by atoms with E-state index < -0.39 is 0 Å². The summed E-state index contributed by atoms with van der Waals surface area (Å²) < 4.78 is 0. The highest BCUT2D eigenvalue weighted by molar-refractivity contribution is 5.83. The van der Waals surface area contributed by atoms with Crippen LogP contribution in [0.1, 0.15) is 64.5 Å². The van der Waals surface area contributed by atoms with E-state index in [0.717, 1.165) is 67.6 Å². The van der Waals surface area contributed by atoms with Crippen molar-refractivity contribution in [2.75, 3.05) is 35.2 Å². The second kappa shape index (κ2) is 9.89. The molecule has 178 valence electrons. The van der Waals surface area contributed by atoms with Crippen molar-refractivity contribution in [3.05, 3.63) is 30.1 Å². The zero-order chi connectivity index (χ0) is 23.5. The van der Waals surface area contributed by atoms with E-state index >= 15 is 0 Å². The van der Waals surface area contributed by atoms with Crippen LogP contribution in [0.25, 0.3) is 0 Å². The first-order valence-electron chi connectivity index (χ1n) is 12.3. The van der Waals surface area contributed by atoms with E-state index in [1.54, 1.807) is 6.33 Å². The summed E-state index contributed by atoms with van der Waals surface area (Å²) in [5.41, 5.74) is 1.89. The maximum absolute atomic E-state index is 12.6. The van der Waals surface area contributed by atoms with Gasteiger partial charge in [0.15, 0.2) is 11.6 Å². The summed E-state index contributed by atoms with van der Waals surface area (Å²) >= 11 is 0. The molecular weight excluding hydrogens is 416 g/mol. The minimum Gasteiger partial charge on any atom is -0.363 e. The lowest BCUT2D eigenvalue weighted by Gasteiger charge is -2.24. The molecule has 9 heteroatoms. The molecule has 1 saturated carbocycles. The van der Waals surface area contributed by atoms with Crippen molar-refractivity contribution < 1.29 is 4.79 Å². The SMILES string of the molecule is CC.CCC1CN(C(=O)C2CC2)CC1Nc1ncnc2c1NC(c1cnc(C)nc1)N2CC. The number of likely N-dealkylation sites (tertiary alicyclic amines) is 1. The van der Waals surface area contributed by atoms with Gasteiger partial charge in [-0.2, -0.15) is 0 Å². The summed E-state index contributed by atoms with van der Waals surface area (Å²) in [5, 5.41) is 7.23. The number of fused-ring (bicyclic) bond motifs is 1. The number of hydrogen-bond donors (Lipinski definition) is 2. The highest BCUT2D eigenvalue weighted by Gasteiger charge is 2.41. The Kier molecular flexibility index (Phi) is 6.95. The highest BCUT2D eigenvalue weighted by Crippen LogP contribution is 2.43. The van der Waals surface area contributed by atoms with Crippen LogP contribution in [0.4, 0.5) is 17.3 Å². The minimum atomic E-state index is -0.0867. The van der Waals surface area contributed by atoms with Crippen molar-refractivity contribution in [1.82, 2.24) is 24.8 Å². The largest absolute Gasteiger partial charge is 0.363 e. The van der Waals surface area contributed by atoms with Gasteiger partial charge in [0.25, 0.3) is 0 Å². The fourth-order valence-corrected chi connectivity index (χ4v) is 4.71. The van der Waals surface area contributed by atoms with E-state index in [-0.39, 0.29) is 18.1 Å². The standard InChI is InChI=1S/C22H30N8O.C2H6/c1-4-14-10-29(22(31)15-6-7-15)11-17(14)27-19-18-21(26-12-25-19)30(5-2)20(28-18)16-8-23-13(3)24-9-16;1-2/h8-9,12,14-15,17,20,28H,4-7,10-11H2,1-3H3,(H,25,26,27);1-2H3. The van der Waals surface area contributed by atoms with Gasteiger partial charge in [-0.15, -0.1) is 0 Å². The van der Waals surface area contributed by atoms with Gasteiger partial charge in [0.2, 0.25) is 5.91 Å². The first-order valence-corrected chi connectivity index (χ1v) is 12.3. The monoisotopic (exact) mass is 452 g/mol. The van der Waals surface area contributed by atoms with Crippen molar-refractivity contribution in [3.63, 3.8) is 0 Å². The van der Waals surface area contributed by atoms with Crippen LogP contribution >= 0.6 is 0 Å². The molecule has 3 aliphatic rings. The molecule has 2 N–H and O–H groups in total. The Bertz CT molecular complexity index is 961. The van der Waals surface area contributed by atoms with Gasteiger partial charge in [-0.3, -0.25) is 4.79 Å². The average molecular weight is 453 g/mol. The Morgan fingerprint density at radius 2 is 1.85 bits per heavy atom. The van der Waals surface area contributed by atoms with Gasteiger partial charge in [0, 0.05) is 49.6 Å². The van der Waals surface area contributed by atoms with Crippen LogP contribution in [0.3, 0.4) is 0 Å². The molecule has 1 saturated heterocycles. The quantitative estimate of drug-likeness (QED) is 0.686. The fourth-order valence-electron chi connectivity index (χ4n) is 4.71. The van der Waals surface area contributed by atoms with Gasteiger partial charge in [0.05, 0.1) is 0 Å². The number of carbonyl (C=O) groups excluding carboxylic acids is 1. The summed E-state index contributed by atoms with van der Waals surface area (Å²) in [6.45, 7) is 12.5. The molecule has 4 heterocycles. The summed E-state index contributed by atoms with van der Waals surface area (Å²) in [4.78, 5) is 34.7. The van der Waals surface area contributed by atoms with Crippen LogP contribution in [0.15, 0.2) is 18.7 Å². The van der Waals surface area contributed by atoms with Crippen LogP contribution in [0.5, 0.6) is 0 Å². The molecule has 0 aromatic carbocycles. The third-order valence-corrected chi connectivity index (χ3v) is 6.68. The van der Waals surface area contributed by atoms with E-state index in [4.69, 9.17) is 0 Å². The van der Waals surface area contributed by atoms with Crippen molar-refractivity contribution in [2.45, 2.75) is 66.1 Å². The van der Waals surface area contributed by atoms with Gasteiger partial charge in [0.1, 0.15) is 24.0 Å². The van der Waals surface area contributed by atoms with Gasteiger partial charge in [-0.25, -0.2) is 19.9 Å². The van der Waals surface area contributed by atoms with Crippen molar-refractivity contribution >= 4 is 23.2 Å². The third-order valence-electron chi connectivity index (χ3n) is 6.68. The smallest absolute Gasteiger partial charge is 0.225 e. The molecule has 0 spiro atoms. The van der Waals surface area contributed by atoms with Crippen molar-refractivity contribution in [1.29, 1.82) is 0 Å². The number of carbonyl (C=O) groups is 1. The van der Waals surface area contributed by atoms with Gasteiger partial charge in [-0.1, -0.05) is 20.8 Å². The van der Waals surface area contributed by atoms with E-state index in [2.05, 4.69) is 49.3 Å². The van der Waals surface area contributed by atoms with Crippen LogP contribution < -0.4 is 15.5 Å². The van der Waals surface area contributed by atoms with E-state index in [1.165, 1.54) is 0 Å². The molecule has 33 heavy (non-hydrogen) atoms. The Morgan fingerprint density at radius 3 is 2.48 bits per heavy atom. The molecule has 2 aromatic rings. The predicted molar refractivity (Wildman–Crippen MR) is 130 cm³/mol. The van der Waals surface area contributed by atoms with Gasteiger partial charge < -0.3 is 20.4 Å². The van der Waals surface area contributed by atoms with Crippen molar-refractivity contribution in [2.24, 2.45) is 11.8 Å². The zero-order valence-corrected chi connectivity index (χ0v) is 20.4. The molecule has 3 atom stereocenters. The van der Waals surface area contributed by atoms with Crippen LogP contribution in [-0.2, 0) is 4.79 Å². The first-order chi connectivity index (χ1) is 16.1. The van der Waals surface area contributed by atoms with Crippen LogP contribution in [-0.4, -0.2) is 56.4 Å². The second-order valence-electron chi connectivity index (χ2n) is 8.75. The number of aryl methyl sites for hydroxylation is 1. The summed E-state index contributed by atoms with van der Waals surface area (Å²) in [7, 11) is 0. The summed E-state index contributed by atoms with van der Waals surface area (Å²) in [6.07, 6.45) is 8.37. The Labute approximate surface area is 196 Å². The van der Waals surface area contributed by atoms with E-state index in [9.17, 15) is 4.79 Å². The molecule has 2 fully saturated rings. The molecule has 9 nitrogen and oxygen atoms in total. The predicted octanol–water partition coefficient (Wildman–Crippen LogP) is 3.61. The number of rotatable bonds is 6. The molecule has 5 rings (SSSR count). The summed E-state index contributed by atoms with van der Waals surface area (Å²) in [6, 6.07) is 0.185.